The van der Waals surface area contributed by atoms with Crippen LogP contribution in [0.15, 0.2) is 17.5 Å². The van der Waals surface area contributed by atoms with Crippen molar-refractivity contribution in [1.29, 1.82) is 0 Å². The van der Waals surface area contributed by atoms with Gasteiger partial charge in [0.1, 0.15) is 6.10 Å². The molecule has 24 heavy (non-hydrogen) atoms. The maximum atomic E-state index is 13.2. The van der Waals surface area contributed by atoms with Crippen molar-refractivity contribution in [3.8, 4) is 0 Å². The fourth-order valence-electron chi connectivity index (χ4n) is 3.12. The van der Waals surface area contributed by atoms with Crippen molar-refractivity contribution in [3.05, 3.63) is 22.4 Å². The number of amides is 1. The third-order valence-electron chi connectivity index (χ3n) is 4.57. The third-order valence-corrected chi connectivity index (χ3v) is 5.45. The Morgan fingerprint density at radius 3 is 2.88 bits per heavy atom. The summed E-state index contributed by atoms with van der Waals surface area (Å²) in [7, 11) is 0. The normalized spacial score (nSPS) is 30.4. The maximum Gasteiger partial charge on any atom is 0.250 e. The van der Waals surface area contributed by atoms with Crippen LogP contribution in [0.3, 0.4) is 0 Å². The topological polar surface area (TPSA) is 61.8 Å². The van der Waals surface area contributed by atoms with Gasteiger partial charge in [-0.3, -0.25) is 4.79 Å². The summed E-state index contributed by atoms with van der Waals surface area (Å²) in [5, 5.41) is 15.1. The number of thiophene rings is 1. The molecule has 3 atom stereocenters. The minimum atomic E-state index is -2.58. The number of halogens is 2. The first-order valence-electron chi connectivity index (χ1n) is 8.14. The zero-order valence-corrected chi connectivity index (χ0v) is 14.1. The minimum Gasteiger partial charge on any atom is -0.388 e. The smallest absolute Gasteiger partial charge is 0.250 e. The first kappa shape index (κ1) is 17.7. The fraction of sp³-hybridized carbons (Fsp3) is 0.688. The number of ether oxygens (including phenoxy) is 1. The Balaban J connectivity index is 1.44. The van der Waals surface area contributed by atoms with Crippen LogP contribution in [0.5, 0.6) is 0 Å². The van der Waals surface area contributed by atoms with E-state index in [9.17, 15) is 18.7 Å². The average Bonchev–Trinajstić information content (AvgIpc) is 3.14. The molecule has 0 spiro atoms. The van der Waals surface area contributed by atoms with Crippen LogP contribution in [0.25, 0.3) is 0 Å². The van der Waals surface area contributed by atoms with E-state index in [0.29, 0.717) is 19.6 Å². The Bertz CT molecular complexity index is 546. The molecule has 3 heterocycles. The number of nitrogens with zero attached hydrogens (tertiary/aromatic N) is 1. The molecule has 2 fully saturated rings. The van der Waals surface area contributed by atoms with Crippen molar-refractivity contribution in [3.63, 3.8) is 0 Å². The predicted octanol–water partition coefficient (Wildman–Crippen LogP) is 1.27. The lowest BCUT2D eigenvalue weighted by molar-refractivity contribution is -0.121. The second-order valence-electron chi connectivity index (χ2n) is 6.45. The van der Waals surface area contributed by atoms with Gasteiger partial charge in [0.2, 0.25) is 5.91 Å². The number of piperidine rings is 1. The molecule has 134 valence electrons. The number of carbonyl (C=O) groups excluding carboxylic acids is 1. The zero-order chi connectivity index (χ0) is 17.2. The molecule has 8 heteroatoms. The van der Waals surface area contributed by atoms with Gasteiger partial charge >= 0.3 is 0 Å². The highest BCUT2D eigenvalue weighted by Crippen LogP contribution is 2.28. The summed E-state index contributed by atoms with van der Waals surface area (Å²) in [5.41, 5.74) is 0. The van der Waals surface area contributed by atoms with E-state index >= 15 is 0 Å². The van der Waals surface area contributed by atoms with Crippen molar-refractivity contribution in [2.75, 3.05) is 26.2 Å². The number of aliphatic hydroxyl groups excluding tert-OH is 1. The van der Waals surface area contributed by atoms with Crippen LogP contribution in [0, 0.1) is 0 Å². The summed E-state index contributed by atoms with van der Waals surface area (Å²) in [4.78, 5) is 14.9. The second-order valence-corrected chi connectivity index (χ2v) is 7.48. The SMILES string of the molecule is O=C(Cc1cccs1)N[C@H]1CO[C@@H](CN2CCC(F)(F)CC2)[C@@H]1O. The first-order chi connectivity index (χ1) is 11.4. The molecule has 5 nitrogen and oxygen atoms in total. The summed E-state index contributed by atoms with van der Waals surface area (Å²) >= 11 is 1.51. The monoisotopic (exact) mass is 360 g/mol. The number of nitrogens with one attached hydrogen (secondary N) is 1. The van der Waals surface area contributed by atoms with E-state index in [0.717, 1.165) is 4.88 Å². The number of aliphatic hydroxyl groups is 1. The van der Waals surface area contributed by atoms with E-state index in [1.165, 1.54) is 11.3 Å². The Hall–Kier alpha value is -1.09. The van der Waals surface area contributed by atoms with E-state index in [4.69, 9.17) is 4.74 Å². The van der Waals surface area contributed by atoms with Gasteiger partial charge in [-0.2, -0.15) is 0 Å². The van der Waals surface area contributed by atoms with E-state index in [-0.39, 0.29) is 31.8 Å². The van der Waals surface area contributed by atoms with Gasteiger partial charge in [0.25, 0.3) is 5.92 Å². The largest absolute Gasteiger partial charge is 0.388 e. The Morgan fingerprint density at radius 2 is 2.21 bits per heavy atom. The number of carbonyl (C=O) groups is 1. The maximum absolute atomic E-state index is 13.2. The molecular weight excluding hydrogens is 338 g/mol. The highest BCUT2D eigenvalue weighted by Gasteiger charge is 2.40. The molecule has 2 N–H and O–H groups in total. The number of hydrogen-bond acceptors (Lipinski definition) is 5. The quantitative estimate of drug-likeness (QED) is 0.830. The standard InChI is InChI=1S/C16H22F2N2O3S/c17-16(18)3-5-20(6-4-16)9-13-15(22)12(10-23-13)19-14(21)8-11-2-1-7-24-11/h1-2,7,12-13,15,22H,3-6,8-10H2,(H,19,21)/t12-,13-,15+/m0/s1. The molecule has 0 bridgehead atoms. The zero-order valence-electron chi connectivity index (χ0n) is 13.3. The van der Waals surface area contributed by atoms with Crippen molar-refractivity contribution >= 4 is 17.2 Å². The molecule has 0 unspecified atom stereocenters. The molecule has 0 aromatic carbocycles. The van der Waals surface area contributed by atoms with Gasteiger partial charge in [0.05, 0.1) is 25.2 Å². The van der Waals surface area contributed by atoms with Crippen molar-refractivity contribution in [2.24, 2.45) is 0 Å². The van der Waals surface area contributed by atoms with Crippen LogP contribution in [0.1, 0.15) is 17.7 Å². The molecule has 2 saturated heterocycles. The number of rotatable bonds is 5. The average molecular weight is 360 g/mol. The molecule has 0 aliphatic carbocycles. The molecule has 2 aliphatic rings. The third kappa shape index (κ3) is 4.50. The summed E-state index contributed by atoms with van der Waals surface area (Å²) in [6.07, 6.45) is -1.30. The summed E-state index contributed by atoms with van der Waals surface area (Å²) < 4.78 is 31.9. The minimum absolute atomic E-state index is 0.150. The number of likely N-dealkylation sites (tertiary alicyclic amines) is 1. The molecule has 0 radical (unpaired) electrons. The lowest BCUT2D eigenvalue weighted by Crippen LogP contribution is -2.49. The summed E-state index contributed by atoms with van der Waals surface area (Å²) in [5.74, 6) is -2.73. The first-order valence-corrected chi connectivity index (χ1v) is 9.02. The number of hydrogen-bond donors (Lipinski definition) is 2. The fourth-order valence-corrected chi connectivity index (χ4v) is 3.82. The van der Waals surface area contributed by atoms with Gasteiger partial charge in [-0.15, -0.1) is 11.3 Å². The van der Waals surface area contributed by atoms with Crippen LogP contribution >= 0.6 is 11.3 Å². The molecule has 3 rings (SSSR count). The molecular formula is C16H22F2N2O3S. The van der Waals surface area contributed by atoms with E-state index < -0.39 is 24.2 Å². The Labute approximate surface area is 143 Å². The van der Waals surface area contributed by atoms with E-state index in [2.05, 4.69) is 5.32 Å². The highest BCUT2D eigenvalue weighted by atomic mass is 32.1. The van der Waals surface area contributed by atoms with Gasteiger partial charge in [-0.1, -0.05) is 6.07 Å². The van der Waals surface area contributed by atoms with Gasteiger partial charge in [-0.25, -0.2) is 8.78 Å². The summed E-state index contributed by atoms with van der Waals surface area (Å²) in [6.45, 7) is 1.25. The lowest BCUT2D eigenvalue weighted by Gasteiger charge is -2.33. The van der Waals surface area contributed by atoms with Crippen LogP contribution in [-0.4, -0.2) is 66.3 Å². The van der Waals surface area contributed by atoms with Gasteiger partial charge in [0.15, 0.2) is 0 Å². The second kappa shape index (κ2) is 7.43. The van der Waals surface area contributed by atoms with Crippen LogP contribution in [0.4, 0.5) is 8.78 Å². The predicted molar refractivity (Wildman–Crippen MR) is 86.3 cm³/mol. The Kier molecular flexibility index (Phi) is 5.49. The van der Waals surface area contributed by atoms with Crippen LogP contribution in [-0.2, 0) is 16.0 Å². The van der Waals surface area contributed by atoms with Crippen molar-refractivity contribution in [1.82, 2.24) is 10.2 Å². The van der Waals surface area contributed by atoms with Crippen molar-refractivity contribution in [2.45, 2.75) is 43.4 Å². The van der Waals surface area contributed by atoms with Crippen LogP contribution in [0.2, 0.25) is 0 Å². The van der Waals surface area contributed by atoms with Gasteiger partial charge in [0, 0.05) is 37.4 Å². The summed E-state index contributed by atoms with van der Waals surface area (Å²) in [6, 6.07) is 3.33. The van der Waals surface area contributed by atoms with Crippen LogP contribution < -0.4 is 5.32 Å². The molecule has 0 saturated carbocycles. The molecule has 2 aliphatic heterocycles. The highest BCUT2D eigenvalue weighted by molar-refractivity contribution is 7.10. The van der Waals surface area contributed by atoms with E-state index in [1.54, 1.807) is 0 Å². The number of alkyl halides is 2. The molecule has 1 aromatic rings. The van der Waals surface area contributed by atoms with E-state index in [1.807, 2.05) is 22.4 Å². The van der Waals surface area contributed by atoms with Gasteiger partial charge in [-0.05, 0) is 11.4 Å². The van der Waals surface area contributed by atoms with Gasteiger partial charge < -0.3 is 20.1 Å². The Morgan fingerprint density at radius 1 is 1.46 bits per heavy atom. The lowest BCUT2D eigenvalue weighted by atomic mass is 10.0. The molecule has 1 amide bonds. The molecule has 1 aromatic heterocycles. The van der Waals surface area contributed by atoms with Crippen molar-refractivity contribution < 1.29 is 23.4 Å².